The molecule has 0 saturated heterocycles. The van der Waals surface area contributed by atoms with Crippen molar-refractivity contribution in [2.45, 2.75) is 33.5 Å². The van der Waals surface area contributed by atoms with Gasteiger partial charge >= 0.3 is 0 Å². The summed E-state index contributed by atoms with van der Waals surface area (Å²) in [4.78, 5) is 4.31. The van der Waals surface area contributed by atoms with E-state index in [9.17, 15) is 0 Å². The second-order valence-corrected chi connectivity index (χ2v) is 6.98. The van der Waals surface area contributed by atoms with Crippen LogP contribution >= 0.6 is 11.3 Å². The Kier molecular flexibility index (Phi) is 6.07. The molecular weight excluding hydrogens is 342 g/mol. The smallest absolute Gasteiger partial charge is 0.191 e. The van der Waals surface area contributed by atoms with Gasteiger partial charge in [-0.25, -0.2) is 0 Å². The highest BCUT2D eigenvalue weighted by atomic mass is 32.1. The lowest BCUT2D eigenvalue weighted by atomic mass is 10.2. The van der Waals surface area contributed by atoms with Gasteiger partial charge < -0.3 is 10.6 Å². The number of rotatable bonds is 6. The van der Waals surface area contributed by atoms with Gasteiger partial charge in [-0.15, -0.1) is 0 Å². The molecular formula is C20H25N5S. The van der Waals surface area contributed by atoms with Crippen LogP contribution < -0.4 is 10.6 Å². The molecule has 0 spiro atoms. The molecule has 2 aromatic heterocycles. The monoisotopic (exact) mass is 367 g/mol. The van der Waals surface area contributed by atoms with Crippen molar-refractivity contribution in [3.05, 3.63) is 75.2 Å². The Morgan fingerprint density at radius 3 is 2.54 bits per heavy atom. The van der Waals surface area contributed by atoms with Gasteiger partial charge in [0.25, 0.3) is 0 Å². The van der Waals surface area contributed by atoms with Gasteiger partial charge in [-0.05, 0) is 41.8 Å². The summed E-state index contributed by atoms with van der Waals surface area (Å²) >= 11 is 1.71. The minimum Gasteiger partial charge on any atom is -0.352 e. The molecule has 0 bridgehead atoms. The van der Waals surface area contributed by atoms with Gasteiger partial charge in [-0.1, -0.05) is 30.3 Å². The molecule has 1 aromatic carbocycles. The summed E-state index contributed by atoms with van der Waals surface area (Å²) in [6.07, 6.45) is 0. The molecule has 2 heterocycles. The van der Waals surface area contributed by atoms with Crippen molar-refractivity contribution in [3.8, 4) is 0 Å². The van der Waals surface area contributed by atoms with E-state index in [1.54, 1.807) is 18.4 Å². The normalized spacial score (nSPS) is 11.6. The van der Waals surface area contributed by atoms with Gasteiger partial charge in [0.15, 0.2) is 5.96 Å². The first-order valence-corrected chi connectivity index (χ1v) is 9.64. The summed E-state index contributed by atoms with van der Waals surface area (Å²) in [6, 6.07) is 12.5. The minimum atomic E-state index is 0.704. The van der Waals surface area contributed by atoms with Crippen molar-refractivity contribution < 1.29 is 0 Å². The Morgan fingerprint density at radius 2 is 1.85 bits per heavy atom. The Hall–Kier alpha value is -2.60. The van der Waals surface area contributed by atoms with Crippen molar-refractivity contribution in [1.82, 2.24) is 20.4 Å². The number of aromatic nitrogens is 2. The van der Waals surface area contributed by atoms with Crippen LogP contribution in [0.15, 0.2) is 52.2 Å². The van der Waals surface area contributed by atoms with E-state index in [2.05, 4.69) is 75.2 Å². The Labute approximate surface area is 158 Å². The molecule has 0 amide bonds. The van der Waals surface area contributed by atoms with Crippen LogP contribution in [0.2, 0.25) is 0 Å². The first kappa shape index (κ1) is 18.2. The fourth-order valence-corrected chi connectivity index (χ4v) is 3.54. The number of aliphatic imine (C=N–C) groups is 1. The van der Waals surface area contributed by atoms with E-state index in [1.807, 2.05) is 6.07 Å². The summed E-state index contributed by atoms with van der Waals surface area (Å²) < 4.78 is 2.07. The lowest BCUT2D eigenvalue weighted by molar-refractivity contribution is 0.657. The second kappa shape index (κ2) is 8.67. The van der Waals surface area contributed by atoms with Crippen LogP contribution in [0.4, 0.5) is 0 Å². The zero-order valence-electron chi connectivity index (χ0n) is 15.5. The van der Waals surface area contributed by atoms with Crippen molar-refractivity contribution in [3.63, 3.8) is 0 Å². The first-order chi connectivity index (χ1) is 12.7. The van der Waals surface area contributed by atoms with Crippen LogP contribution in [0.3, 0.4) is 0 Å². The van der Waals surface area contributed by atoms with E-state index in [0.29, 0.717) is 6.54 Å². The molecule has 0 unspecified atom stereocenters. The number of nitrogens with one attached hydrogen (secondary N) is 2. The van der Waals surface area contributed by atoms with E-state index in [4.69, 9.17) is 5.10 Å². The van der Waals surface area contributed by atoms with Gasteiger partial charge in [-0.2, -0.15) is 16.4 Å². The van der Waals surface area contributed by atoms with Gasteiger partial charge in [0, 0.05) is 31.4 Å². The minimum absolute atomic E-state index is 0.704. The third-order valence-corrected chi connectivity index (χ3v) is 5.13. The Morgan fingerprint density at radius 1 is 1.08 bits per heavy atom. The van der Waals surface area contributed by atoms with Gasteiger partial charge in [0.1, 0.15) is 0 Å². The summed E-state index contributed by atoms with van der Waals surface area (Å²) in [7, 11) is 1.79. The molecule has 0 aliphatic heterocycles. The topological polar surface area (TPSA) is 54.2 Å². The molecule has 0 aliphatic carbocycles. The average molecular weight is 368 g/mol. The molecule has 0 aliphatic rings. The van der Waals surface area contributed by atoms with Gasteiger partial charge in [0.05, 0.1) is 12.2 Å². The summed E-state index contributed by atoms with van der Waals surface area (Å²) in [5.41, 5.74) is 5.98. The standard InChI is InChI=1S/C20H25N5S/c1-15-19(12-23-20(21-3)22-11-18-9-10-26-14-18)16(2)25(24-15)13-17-7-5-4-6-8-17/h4-10,14H,11-13H2,1-3H3,(H2,21,22,23). The number of hydrogen-bond acceptors (Lipinski definition) is 3. The SMILES string of the molecule is CN=C(NCc1ccsc1)NCc1c(C)nn(Cc2ccccc2)c1C. The Bertz CT molecular complexity index is 850. The average Bonchev–Trinajstić information content (AvgIpc) is 3.26. The lowest BCUT2D eigenvalue weighted by Gasteiger charge is -2.12. The highest BCUT2D eigenvalue weighted by Crippen LogP contribution is 2.14. The van der Waals surface area contributed by atoms with E-state index in [1.165, 1.54) is 22.4 Å². The summed E-state index contributed by atoms with van der Waals surface area (Å²) in [6.45, 7) is 6.46. The summed E-state index contributed by atoms with van der Waals surface area (Å²) in [5, 5.41) is 15.7. The third-order valence-electron chi connectivity index (χ3n) is 4.40. The molecule has 6 heteroatoms. The van der Waals surface area contributed by atoms with Gasteiger partial charge in [-0.3, -0.25) is 9.67 Å². The van der Waals surface area contributed by atoms with Crippen LogP contribution in [0, 0.1) is 13.8 Å². The van der Waals surface area contributed by atoms with Crippen LogP contribution in [0.1, 0.15) is 28.1 Å². The maximum absolute atomic E-state index is 4.71. The van der Waals surface area contributed by atoms with Crippen LogP contribution in [0.5, 0.6) is 0 Å². The predicted molar refractivity (Wildman–Crippen MR) is 109 cm³/mol. The molecule has 0 radical (unpaired) electrons. The number of nitrogens with zero attached hydrogens (tertiary/aromatic N) is 3. The number of hydrogen-bond donors (Lipinski definition) is 2. The zero-order valence-corrected chi connectivity index (χ0v) is 16.3. The molecule has 2 N–H and O–H groups in total. The number of guanidine groups is 1. The molecule has 0 atom stereocenters. The molecule has 5 nitrogen and oxygen atoms in total. The maximum Gasteiger partial charge on any atom is 0.191 e. The van der Waals surface area contributed by atoms with Crippen molar-refractivity contribution in [2.75, 3.05) is 7.05 Å². The van der Waals surface area contributed by atoms with Crippen molar-refractivity contribution in [2.24, 2.45) is 4.99 Å². The van der Waals surface area contributed by atoms with Gasteiger partial charge in [0.2, 0.25) is 0 Å². The lowest BCUT2D eigenvalue weighted by Crippen LogP contribution is -2.36. The quantitative estimate of drug-likeness (QED) is 0.518. The highest BCUT2D eigenvalue weighted by molar-refractivity contribution is 7.07. The molecule has 0 saturated carbocycles. The molecule has 26 heavy (non-hydrogen) atoms. The van der Waals surface area contributed by atoms with E-state index in [-0.39, 0.29) is 0 Å². The highest BCUT2D eigenvalue weighted by Gasteiger charge is 2.12. The van der Waals surface area contributed by atoms with Crippen molar-refractivity contribution in [1.29, 1.82) is 0 Å². The molecule has 136 valence electrons. The Balaban J connectivity index is 1.62. The first-order valence-electron chi connectivity index (χ1n) is 8.69. The van der Waals surface area contributed by atoms with E-state index < -0.39 is 0 Å². The van der Waals surface area contributed by atoms with Crippen LogP contribution in [0.25, 0.3) is 0 Å². The summed E-state index contributed by atoms with van der Waals surface area (Å²) in [5.74, 6) is 0.797. The van der Waals surface area contributed by atoms with Crippen molar-refractivity contribution >= 4 is 17.3 Å². The largest absolute Gasteiger partial charge is 0.352 e. The van der Waals surface area contributed by atoms with E-state index >= 15 is 0 Å². The second-order valence-electron chi connectivity index (χ2n) is 6.20. The predicted octanol–water partition coefficient (Wildman–Crippen LogP) is 3.47. The van der Waals surface area contributed by atoms with Crippen LogP contribution in [-0.2, 0) is 19.6 Å². The van der Waals surface area contributed by atoms with Crippen LogP contribution in [-0.4, -0.2) is 22.8 Å². The molecule has 3 aromatic rings. The molecule has 3 rings (SSSR count). The number of benzene rings is 1. The molecule has 0 fully saturated rings. The zero-order chi connectivity index (χ0) is 18.4. The maximum atomic E-state index is 4.71. The fourth-order valence-electron chi connectivity index (χ4n) is 2.87. The van der Waals surface area contributed by atoms with E-state index in [0.717, 1.165) is 24.7 Å². The number of aryl methyl sites for hydroxylation is 1. The third kappa shape index (κ3) is 4.52. The fraction of sp³-hybridized carbons (Fsp3) is 0.300. The number of thiophene rings is 1.